The Morgan fingerprint density at radius 3 is 2.94 bits per heavy atom. The van der Waals surface area contributed by atoms with Crippen molar-refractivity contribution in [3.63, 3.8) is 0 Å². The van der Waals surface area contributed by atoms with Crippen molar-refractivity contribution in [2.75, 3.05) is 13.1 Å². The van der Waals surface area contributed by atoms with Crippen molar-refractivity contribution in [3.8, 4) is 0 Å². The van der Waals surface area contributed by atoms with E-state index < -0.39 is 0 Å². The molecular formula is C12H22N2O3. The molecule has 1 amide bonds. The van der Waals surface area contributed by atoms with Gasteiger partial charge in [-0.15, -0.1) is 0 Å². The normalized spacial score (nSPS) is 22.0. The van der Waals surface area contributed by atoms with Crippen LogP contribution in [0.2, 0.25) is 0 Å². The molecule has 17 heavy (non-hydrogen) atoms. The van der Waals surface area contributed by atoms with Crippen LogP contribution in [0, 0.1) is 4.91 Å². The smallest absolute Gasteiger partial charge is 0.410 e. The van der Waals surface area contributed by atoms with Gasteiger partial charge in [-0.3, -0.25) is 0 Å². The van der Waals surface area contributed by atoms with Gasteiger partial charge in [0, 0.05) is 12.6 Å². The molecule has 0 aliphatic carbocycles. The Morgan fingerprint density at radius 1 is 1.53 bits per heavy atom. The van der Waals surface area contributed by atoms with E-state index in [2.05, 4.69) is 5.18 Å². The zero-order chi connectivity index (χ0) is 12.7. The highest BCUT2D eigenvalue weighted by Crippen LogP contribution is 2.21. The molecule has 98 valence electrons. The van der Waals surface area contributed by atoms with Crippen molar-refractivity contribution in [1.29, 1.82) is 0 Å². The summed E-state index contributed by atoms with van der Waals surface area (Å²) >= 11 is 0. The number of piperidine rings is 1. The van der Waals surface area contributed by atoms with Crippen molar-refractivity contribution < 1.29 is 9.53 Å². The fraction of sp³-hybridized carbons (Fsp3) is 0.917. The summed E-state index contributed by atoms with van der Waals surface area (Å²) < 4.78 is 5.33. The summed E-state index contributed by atoms with van der Waals surface area (Å²) in [5.41, 5.74) is 0. The Labute approximate surface area is 102 Å². The van der Waals surface area contributed by atoms with Gasteiger partial charge in [-0.25, -0.2) is 4.79 Å². The van der Waals surface area contributed by atoms with Gasteiger partial charge in [0.05, 0.1) is 6.54 Å². The van der Waals surface area contributed by atoms with Crippen molar-refractivity contribution in [2.45, 2.75) is 58.1 Å². The second kappa shape index (κ2) is 7.25. The number of ether oxygens (including phenoxy) is 1. The lowest BCUT2D eigenvalue weighted by molar-refractivity contribution is 0.0452. The van der Waals surface area contributed by atoms with Crippen LogP contribution in [0.4, 0.5) is 4.79 Å². The fourth-order valence-electron chi connectivity index (χ4n) is 2.07. The molecule has 2 atom stereocenters. The predicted octanol–water partition coefficient (Wildman–Crippen LogP) is 2.93. The first-order chi connectivity index (χ1) is 8.19. The van der Waals surface area contributed by atoms with E-state index in [1.165, 1.54) is 0 Å². The molecule has 1 rings (SSSR count). The van der Waals surface area contributed by atoms with E-state index in [4.69, 9.17) is 4.74 Å². The SMILES string of the molecule is CCC(C)OC(=O)N1CCCCC1CCN=O. The molecule has 0 aromatic rings. The molecule has 1 aliphatic heterocycles. The monoisotopic (exact) mass is 242 g/mol. The minimum absolute atomic E-state index is 0.0470. The predicted molar refractivity (Wildman–Crippen MR) is 65.9 cm³/mol. The molecule has 1 saturated heterocycles. The molecule has 0 spiro atoms. The molecule has 0 saturated carbocycles. The number of likely N-dealkylation sites (tertiary alicyclic amines) is 1. The first-order valence-electron chi connectivity index (χ1n) is 6.45. The highest BCUT2D eigenvalue weighted by atomic mass is 16.6. The topological polar surface area (TPSA) is 59.0 Å². The quantitative estimate of drug-likeness (QED) is 0.696. The molecule has 0 aromatic carbocycles. The number of nitrogens with zero attached hydrogens (tertiary/aromatic N) is 2. The molecule has 1 aliphatic rings. The molecule has 5 heteroatoms. The van der Waals surface area contributed by atoms with Crippen molar-refractivity contribution >= 4 is 6.09 Å². The third-order valence-electron chi connectivity index (χ3n) is 3.29. The molecule has 0 bridgehead atoms. The highest BCUT2D eigenvalue weighted by Gasteiger charge is 2.28. The van der Waals surface area contributed by atoms with Gasteiger partial charge in [-0.1, -0.05) is 12.1 Å². The van der Waals surface area contributed by atoms with Crippen LogP contribution in [0.15, 0.2) is 5.18 Å². The summed E-state index contributed by atoms with van der Waals surface area (Å²) in [4.78, 5) is 23.9. The lowest BCUT2D eigenvalue weighted by atomic mass is 10.00. The van der Waals surface area contributed by atoms with Crippen LogP contribution in [0.5, 0.6) is 0 Å². The standard InChI is InChI=1S/C12H22N2O3/c1-3-10(2)17-12(15)14-9-5-4-6-11(14)7-8-13-16/h10-11H,3-9H2,1-2H3. The van der Waals surface area contributed by atoms with Crippen LogP contribution in [0.3, 0.4) is 0 Å². The Bertz CT molecular complexity index is 258. The number of rotatable bonds is 5. The van der Waals surface area contributed by atoms with Crippen LogP contribution in [0.1, 0.15) is 46.0 Å². The Morgan fingerprint density at radius 2 is 2.29 bits per heavy atom. The summed E-state index contributed by atoms with van der Waals surface area (Å²) in [6.45, 7) is 4.89. The molecule has 1 fully saturated rings. The number of nitroso groups, excluding NO2 is 1. The molecule has 2 unspecified atom stereocenters. The minimum atomic E-state index is -0.241. The second-order valence-corrected chi connectivity index (χ2v) is 4.59. The molecule has 1 heterocycles. The first kappa shape index (κ1) is 13.9. The van der Waals surface area contributed by atoms with E-state index in [1.807, 2.05) is 13.8 Å². The van der Waals surface area contributed by atoms with E-state index in [1.54, 1.807) is 4.90 Å². The Balaban J connectivity index is 2.51. The van der Waals surface area contributed by atoms with Crippen LogP contribution in [-0.4, -0.2) is 36.2 Å². The highest BCUT2D eigenvalue weighted by molar-refractivity contribution is 5.68. The molecular weight excluding hydrogens is 220 g/mol. The van der Waals surface area contributed by atoms with E-state index >= 15 is 0 Å². The van der Waals surface area contributed by atoms with Crippen LogP contribution >= 0.6 is 0 Å². The summed E-state index contributed by atoms with van der Waals surface area (Å²) in [5, 5.41) is 2.87. The van der Waals surface area contributed by atoms with Gasteiger partial charge in [0.2, 0.25) is 0 Å². The number of amides is 1. The number of hydrogen-bond donors (Lipinski definition) is 0. The summed E-state index contributed by atoms with van der Waals surface area (Å²) in [6, 6.07) is 0.123. The summed E-state index contributed by atoms with van der Waals surface area (Å²) in [5.74, 6) is 0. The zero-order valence-corrected chi connectivity index (χ0v) is 10.7. The minimum Gasteiger partial charge on any atom is -0.446 e. The molecule has 0 N–H and O–H groups in total. The Kier molecular flexibility index (Phi) is 5.94. The van der Waals surface area contributed by atoms with Gasteiger partial charge < -0.3 is 9.64 Å². The van der Waals surface area contributed by atoms with E-state index in [-0.39, 0.29) is 24.8 Å². The maximum absolute atomic E-state index is 11.9. The van der Waals surface area contributed by atoms with Crippen LogP contribution in [-0.2, 0) is 4.74 Å². The van der Waals surface area contributed by atoms with Gasteiger partial charge in [-0.05, 0) is 39.0 Å². The van der Waals surface area contributed by atoms with Gasteiger partial charge >= 0.3 is 6.09 Å². The van der Waals surface area contributed by atoms with E-state index in [0.29, 0.717) is 6.42 Å². The third-order valence-corrected chi connectivity index (χ3v) is 3.29. The lowest BCUT2D eigenvalue weighted by Crippen LogP contribution is -2.45. The van der Waals surface area contributed by atoms with Gasteiger partial charge in [0.1, 0.15) is 6.10 Å². The molecule has 0 radical (unpaired) electrons. The Hall–Kier alpha value is -1.13. The van der Waals surface area contributed by atoms with Crippen molar-refractivity contribution in [2.24, 2.45) is 5.18 Å². The number of carbonyl (C=O) groups excluding carboxylic acids is 1. The average Bonchev–Trinajstić information content (AvgIpc) is 2.36. The maximum atomic E-state index is 11.9. The first-order valence-corrected chi connectivity index (χ1v) is 6.45. The maximum Gasteiger partial charge on any atom is 0.410 e. The average molecular weight is 242 g/mol. The van der Waals surface area contributed by atoms with Crippen LogP contribution in [0.25, 0.3) is 0 Å². The van der Waals surface area contributed by atoms with Gasteiger partial charge in [-0.2, -0.15) is 4.91 Å². The molecule has 5 nitrogen and oxygen atoms in total. The summed E-state index contributed by atoms with van der Waals surface area (Å²) in [7, 11) is 0. The third kappa shape index (κ3) is 4.32. The summed E-state index contributed by atoms with van der Waals surface area (Å²) in [6.07, 6.45) is 4.26. The number of hydrogen-bond acceptors (Lipinski definition) is 4. The van der Waals surface area contributed by atoms with E-state index in [9.17, 15) is 9.70 Å². The van der Waals surface area contributed by atoms with Gasteiger partial charge in [0.15, 0.2) is 0 Å². The lowest BCUT2D eigenvalue weighted by Gasteiger charge is -2.35. The van der Waals surface area contributed by atoms with Crippen molar-refractivity contribution in [3.05, 3.63) is 4.91 Å². The second-order valence-electron chi connectivity index (χ2n) is 4.59. The van der Waals surface area contributed by atoms with E-state index in [0.717, 1.165) is 32.2 Å². The molecule has 0 aromatic heterocycles. The fourth-order valence-corrected chi connectivity index (χ4v) is 2.07. The zero-order valence-electron chi connectivity index (χ0n) is 10.7. The largest absolute Gasteiger partial charge is 0.446 e. The van der Waals surface area contributed by atoms with Gasteiger partial charge in [0.25, 0.3) is 0 Å². The van der Waals surface area contributed by atoms with Crippen molar-refractivity contribution in [1.82, 2.24) is 4.90 Å². The van der Waals surface area contributed by atoms with Crippen LogP contribution < -0.4 is 0 Å². The number of carbonyl (C=O) groups is 1.